The van der Waals surface area contributed by atoms with Gasteiger partial charge in [-0.15, -0.1) is 0 Å². The van der Waals surface area contributed by atoms with Crippen molar-refractivity contribution in [2.45, 2.75) is 0 Å². The Morgan fingerprint density at radius 3 is 2.20 bits per heavy atom. The molecular weight excluding hydrogens is 202 g/mol. The molecule has 2 heterocycles. The lowest BCUT2D eigenvalue weighted by atomic mass is 10.5. The van der Waals surface area contributed by atoms with E-state index >= 15 is 0 Å². The Hall–Kier alpha value is -2.44. The van der Waals surface area contributed by atoms with Gasteiger partial charge in [0, 0.05) is 12.4 Å². The Kier molecular flexibility index (Phi) is 3.78. The number of nitro groups is 1. The summed E-state index contributed by atoms with van der Waals surface area (Å²) in [4.78, 5) is 23.0. The average molecular weight is 209 g/mol. The van der Waals surface area contributed by atoms with Crippen LogP contribution in [-0.2, 0) is 0 Å². The number of aromatic amines is 1. The fraction of sp³-hybridized carbons (Fsp3) is 0. The van der Waals surface area contributed by atoms with Crippen LogP contribution in [0.5, 0.6) is 0 Å². The van der Waals surface area contributed by atoms with Crippen LogP contribution in [0.3, 0.4) is 0 Å². The Bertz CT molecular complexity index is 435. The van der Waals surface area contributed by atoms with Crippen molar-refractivity contribution < 1.29 is 9.45 Å². The van der Waals surface area contributed by atoms with E-state index in [1.54, 1.807) is 12.4 Å². The zero-order valence-electron chi connectivity index (χ0n) is 7.49. The third-order valence-corrected chi connectivity index (χ3v) is 1.32. The van der Waals surface area contributed by atoms with Crippen molar-refractivity contribution in [2.24, 2.45) is 0 Å². The topological polar surface area (TPSA) is 102 Å². The molecule has 15 heavy (non-hydrogen) atoms. The van der Waals surface area contributed by atoms with Crippen LogP contribution in [0.15, 0.2) is 46.1 Å². The molecule has 2 rings (SSSR count). The van der Waals surface area contributed by atoms with Gasteiger partial charge in [-0.25, -0.2) is 9.95 Å². The minimum absolute atomic E-state index is 0.574. The standard InChI is InChI=1S/C5H5N.C3H2N2O4/c1-2-4-6-5-3-1;6-3-2(5(7)8)1-4-9-3/h1-5H;1,4H. The molecule has 7 heteroatoms. The summed E-state index contributed by atoms with van der Waals surface area (Å²) in [6.45, 7) is 0. The lowest BCUT2D eigenvalue weighted by Crippen LogP contribution is -1.99. The number of H-pyrrole nitrogens is 1. The molecule has 1 N–H and O–H groups in total. The van der Waals surface area contributed by atoms with Crippen LogP contribution in [0.4, 0.5) is 5.69 Å². The van der Waals surface area contributed by atoms with Gasteiger partial charge in [-0.1, -0.05) is 6.07 Å². The molecular formula is C8H7N3O4. The summed E-state index contributed by atoms with van der Waals surface area (Å²) in [5.74, 6) is 0. The van der Waals surface area contributed by atoms with E-state index in [9.17, 15) is 14.9 Å². The highest BCUT2D eigenvalue weighted by atomic mass is 16.6. The van der Waals surface area contributed by atoms with Gasteiger partial charge in [-0.3, -0.25) is 15.1 Å². The van der Waals surface area contributed by atoms with Crippen LogP contribution in [0, 0.1) is 10.1 Å². The van der Waals surface area contributed by atoms with E-state index in [4.69, 9.17) is 0 Å². The molecule has 0 radical (unpaired) electrons. The van der Waals surface area contributed by atoms with E-state index in [0.29, 0.717) is 0 Å². The van der Waals surface area contributed by atoms with E-state index < -0.39 is 16.2 Å². The molecule has 0 spiro atoms. The summed E-state index contributed by atoms with van der Waals surface area (Å²) in [5, 5.41) is 11.8. The summed E-state index contributed by atoms with van der Waals surface area (Å²) in [5.41, 5.74) is -1.53. The summed E-state index contributed by atoms with van der Waals surface area (Å²) in [6.07, 6.45) is 4.39. The quantitative estimate of drug-likeness (QED) is 0.556. The fourth-order valence-electron chi connectivity index (χ4n) is 0.690. The molecule has 2 aromatic rings. The van der Waals surface area contributed by atoms with Crippen molar-refractivity contribution in [1.82, 2.24) is 10.1 Å². The van der Waals surface area contributed by atoms with Crippen molar-refractivity contribution in [1.29, 1.82) is 0 Å². The predicted octanol–water partition coefficient (Wildman–Crippen LogP) is 0.958. The molecule has 0 aliphatic heterocycles. The van der Waals surface area contributed by atoms with Gasteiger partial charge in [0.15, 0.2) is 0 Å². The van der Waals surface area contributed by atoms with E-state index in [2.05, 4.69) is 9.51 Å². The Morgan fingerprint density at radius 1 is 1.33 bits per heavy atom. The molecule has 0 atom stereocenters. The Balaban J connectivity index is 0.000000162. The molecule has 0 aliphatic carbocycles. The SMILES string of the molecule is O=c1o[nH]cc1[N+](=O)[O-].c1ccncc1. The number of nitrogens with one attached hydrogen (secondary N) is 1. The third kappa shape index (κ3) is 3.43. The van der Waals surface area contributed by atoms with E-state index in [1.165, 1.54) is 0 Å². The van der Waals surface area contributed by atoms with Crippen molar-refractivity contribution in [3.63, 3.8) is 0 Å². The Morgan fingerprint density at radius 2 is 2.00 bits per heavy atom. The van der Waals surface area contributed by atoms with E-state index in [-0.39, 0.29) is 0 Å². The smallest absolute Gasteiger partial charge is 0.333 e. The normalized spacial score (nSPS) is 8.80. The van der Waals surface area contributed by atoms with Crippen LogP contribution in [0.1, 0.15) is 0 Å². The largest absolute Gasteiger partial charge is 0.435 e. The maximum absolute atomic E-state index is 10.2. The number of aromatic nitrogens is 2. The number of hydrogen-bond donors (Lipinski definition) is 1. The van der Waals surface area contributed by atoms with Crippen LogP contribution in [-0.4, -0.2) is 15.1 Å². The molecule has 0 saturated heterocycles. The maximum Gasteiger partial charge on any atom is 0.435 e. The highest BCUT2D eigenvalue weighted by molar-refractivity contribution is 5.17. The van der Waals surface area contributed by atoms with Gasteiger partial charge in [0.25, 0.3) is 0 Å². The first-order valence-electron chi connectivity index (χ1n) is 3.88. The summed E-state index contributed by atoms with van der Waals surface area (Å²) in [7, 11) is 0. The monoisotopic (exact) mass is 209 g/mol. The van der Waals surface area contributed by atoms with Gasteiger partial charge in [-0.2, -0.15) is 0 Å². The minimum Gasteiger partial charge on any atom is -0.333 e. The van der Waals surface area contributed by atoms with Crippen molar-refractivity contribution in [3.05, 3.63) is 57.3 Å². The summed E-state index contributed by atoms with van der Waals surface area (Å²) in [6, 6.07) is 5.72. The zero-order chi connectivity index (χ0) is 11.1. The second-order valence-corrected chi connectivity index (χ2v) is 2.32. The van der Waals surface area contributed by atoms with Gasteiger partial charge < -0.3 is 4.52 Å². The minimum atomic E-state index is -0.958. The molecule has 0 amide bonds. The van der Waals surface area contributed by atoms with Crippen LogP contribution in [0.2, 0.25) is 0 Å². The van der Waals surface area contributed by atoms with Crippen molar-refractivity contribution in [2.75, 3.05) is 0 Å². The fourth-order valence-corrected chi connectivity index (χ4v) is 0.690. The van der Waals surface area contributed by atoms with Gasteiger partial charge in [0.2, 0.25) is 0 Å². The van der Waals surface area contributed by atoms with Crippen molar-refractivity contribution >= 4 is 5.69 Å². The second-order valence-electron chi connectivity index (χ2n) is 2.32. The van der Waals surface area contributed by atoms with Gasteiger partial charge in [0.1, 0.15) is 6.20 Å². The third-order valence-electron chi connectivity index (χ3n) is 1.32. The number of hydrogen-bond acceptors (Lipinski definition) is 5. The molecule has 2 aromatic heterocycles. The lowest BCUT2D eigenvalue weighted by Gasteiger charge is -1.74. The van der Waals surface area contributed by atoms with Crippen LogP contribution in [0.25, 0.3) is 0 Å². The molecule has 0 aromatic carbocycles. The molecule has 78 valence electrons. The maximum atomic E-state index is 10.2. The lowest BCUT2D eigenvalue weighted by molar-refractivity contribution is -0.386. The highest BCUT2D eigenvalue weighted by Crippen LogP contribution is 1.97. The molecule has 0 fully saturated rings. The van der Waals surface area contributed by atoms with Gasteiger partial charge >= 0.3 is 11.3 Å². The number of rotatable bonds is 1. The van der Waals surface area contributed by atoms with Crippen molar-refractivity contribution in [3.8, 4) is 0 Å². The average Bonchev–Trinajstić information content (AvgIpc) is 2.68. The molecule has 7 nitrogen and oxygen atoms in total. The predicted molar refractivity (Wildman–Crippen MR) is 50.2 cm³/mol. The first-order chi connectivity index (χ1) is 7.22. The molecule has 0 unspecified atom stereocenters. The molecule has 0 aliphatic rings. The van der Waals surface area contributed by atoms with Gasteiger partial charge in [-0.05, 0) is 12.1 Å². The first kappa shape index (κ1) is 10.6. The second kappa shape index (κ2) is 5.32. The summed E-state index contributed by atoms with van der Waals surface area (Å²) < 4.78 is 4.00. The van der Waals surface area contributed by atoms with Gasteiger partial charge in [0.05, 0.1) is 4.92 Å². The molecule has 0 saturated carbocycles. The van der Waals surface area contributed by atoms with Crippen LogP contribution >= 0.6 is 0 Å². The van der Waals surface area contributed by atoms with E-state index in [1.807, 2.05) is 23.4 Å². The number of nitrogens with zero attached hydrogens (tertiary/aromatic N) is 2. The number of pyridine rings is 1. The molecule has 0 bridgehead atoms. The zero-order valence-corrected chi connectivity index (χ0v) is 7.49. The van der Waals surface area contributed by atoms with Crippen LogP contribution < -0.4 is 5.63 Å². The highest BCUT2D eigenvalue weighted by Gasteiger charge is 2.13. The first-order valence-corrected chi connectivity index (χ1v) is 3.88. The summed E-state index contributed by atoms with van der Waals surface area (Å²) >= 11 is 0. The van der Waals surface area contributed by atoms with E-state index in [0.717, 1.165) is 6.20 Å². The Labute approximate surface area is 83.5 Å².